The van der Waals surface area contributed by atoms with Gasteiger partial charge in [-0.1, -0.05) is 11.6 Å². The Labute approximate surface area is 153 Å². The lowest BCUT2D eigenvalue weighted by Crippen LogP contribution is -2.54. The highest BCUT2D eigenvalue weighted by Gasteiger charge is 2.26. The molecule has 0 aliphatic carbocycles. The molecule has 7 heteroatoms. The second kappa shape index (κ2) is 7.54. The molecule has 1 aromatic heterocycles. The molecule has 1 aromatic carbocycles. The summed E-state index contributed by atoms with van der Waals surface area (Å²) >= 11 is 5.99. The Hall–Kier alpha value is -1.92. The number of hydrogen-bond donors (Lipinski definition) is 1. The molecular weight excluding hydrogens is 338 g/mol. The van der Waals surface area contributed by atoms with Gasteiger partial charge in [0.15, 0.2) is 0 Å². The lowest BCUT2D eigenvalue weighted by Gasteiger charge is -2.38. The molecule has 25 heavy (non-hydrogen) atoms. The van der Waals surface area contributed by atoms with E-state index in [4.69, 9.17) is 16.6 Å². The molecule has 134 valence electrons. The Morgan fingerprint density at radius 2 is 1.88 bits per heavy atom. The van der Waals surface area contributed by atoms with Gasteiger partial charge in [0.05, 0.1) is 23.3 Å². The van der Waals surface area contributed by atoms with Crippen LogP contribution < -0.4 is 10.2 Å². The van der Waals surface area contributed by atoms with E-state index in [1.807, 2.05) is 39.0 Å². The van der Waals surface area contributed by atoms with E-state index in [0.717, 1.165) is 43.0 Å². The van der Waals surface area contributed by atoms with E-state index >= 15 is 0 Å². The molecule has 0 spiro atoms. The molecule has 3 rings (SSSR count). The zero-order valence-electron chi connectivity index (χ0n) is 14.9. The van der Waals surface area contributed by atoms with Gasteiger partial charge in [-0.05, 0) is 39.0 Å². The van der Waals surface area contributed by atoms with Crippen molar-refractivity contribution >= 4 is 34.4 Å². The van der Waals surface area contributed by atoms with Crippen molar-refractivity contribution in [3.8, 4) is 0 Å². The molecule has 1 aliphatic heterocycles. The second-order valence-corrected chi connectivity index (χ2v) is 7.16. The predicted octanol–water partition coefficient (Wildman–Crippen LogP) is 2.32. The van der Waals surface area contributed by atoms with Gasteiger partial charge >= 0.3 is 0 Å². The Balaban J connectivity index is 1.64. The van der Waals surface area contributed by atoms with Crippen LogP contribution in [0.5, 0.6) is 0 Å². The summed E-state index contributed by atoms with van der Waals surface area (Å²) in [6, 6.07) is 5.59. The summed E-state index contributed by atoms with van der Waals surface area (Å²) in [5.74, 6) is 0.958. The number of halogens is 1. The average molecular weight is 362 g/mol. The van der Waals surface area contributed by atoms with Crippen LogP contribution in [0.4, 0.5) is 5.82 Å². The molecule has 1 atom stereocenters. The van der Waals surface area contributed by atoms with E-state index in [9.17, 15) is 4.79 Å². The summed E-state index contributed by atoms with van der Waals surface area (Å²) in [5, 5.41) is 3.64. The number of carbonyl (C=O) groups excluding carboxylic acids is 1. The standard InChI is InChI=1S/C18H24ClN5O/c1-12(2)21-18(25)13(3)23-6-8-24(9-7-23)17-11-20-16-10-14(19)4-5-15(16)22-17/h4-5,10-13H,6-9H2,1-3H3,(H,21,25). The number of nitrogens with one attached hydrogen (secondary N) is 1. The van der Waals surface area contributed by atoms with Gasteiger partial charge in [0, 0.05) is 37.2 Å². The van der Waals surface area contributed by atoms with Crippen LogP contribution in [0.25, 0.3) is 11.0 Å². The third-order valence-electron chi connectivity index (χ3n) is 4.49. The van der Waals surface area contributed by atoms with Crippen LogP contribution in [0.15, 0.2) is 24.4 Å². The van der Waals surface area contributed by atoms with Crippen molar-refractivity contribution in [2.45, 2.75) is 32.9 Å². The van der Waals surface area contributed by atoms with E-state index in [2.05, 4.69) is 20.1 Å². The van der Waals surface area contributed by atoms with E-state index in [0.29, 0.717) is 5.02 Å². The van der Waals surface area contributed by atoms with Gasteiger partial charge in [-0.2, -0.15) is 0 Å². The molecule has 1 N–H and O–H groups in total. The summed E-state index contributed by atoms with van der Waals surface area (Å²) in [7, 11) is 0. The minimum Gasteiger partial charge on any atom is -0.353 e. The summed E-state index contributed by atoms with van der Waals surface area (Å²) in [6.45, 7) is 9.23. The number of aromatic nitrogens is 2. The quantitative estimate of drug-likeness (QED) is 0.905. The minimum atomic E-state index is -0.116. The van der Waals surface area contributed by atoms with Gasteiger partial charge in [-0.25, -0.2) is 4.98 Å². The van der Waals surface area contributed by atoms with Crippen LogP contribution in [-0.2, 0) is 4.79 Å². The van der Waals surface area contributed by atoms with Crippen LogP contribution in [0.3, 0.4) is 0 Å². The number of rotatable bonds is 4. The second-order valence-electron chi connectivity index (χ2n) is 6.72. The lowest BCUT2D eigenvalue weighted by molar-refractivity contribution is -0.126. The molecular formula is C18H24ClN5O. The van der Waals surface area contributed by atoms with E-state index in [1.54, 1.807) is 6.20 Å². The molecule has 1 aliphatic rings. The fraction of sp³-hybridized carbons (Fsp3) is 0.500. The first-order valence-corrected chi connectivity index (χ1v) is 9.03. The number of anilines is 1. The predicted molar refractivity (Wildman–Crippen MR) is 101 cm³/mol. The molecule has 1 unspecified atom stereocenters. The van der Waals surface area contributed by atoms with E-state index in [1.165, 1.54) is 0 Å². The van der Waals surface area contributed by atoms with E-state index < -0.39 is 0 Å². The lowest BCUT2D eigenvalue weighted by atomic mass is 10.2. The van der Waals surface area contributed by atoms with Crippen LogP contribution in [0.1, 0.15) is 20.8 Å². The molecule has 6 nitrogen and oxygen atoms in total. The smallest absolute Gasteiger partial charge is 0.237 e. The summed E-state index contributed by atoms with van der Waals surface area (Å²) in [4.78, 5) is 25.8. The minimum absolute atomic E-state index is 0.0887. The molecule has 0 radical (unpaired) electrons. The zero-order valence-corrected chi connectivity index (χ0v) is 15.6. The number of fused-ring (bicyclic) bond motifs is 1. The average Bonchev–Trinajstić information content (AvgIpc) is 2.60. The summed E-state index contributed by atoms with van der Waals surface area (Å²) in [5.41, 5.74) is 1.64. The third-order valence-corrected chi connectivity index (χ3v) is 4.72. The Morgan fingerprint density at radius 3 is 2.56 bits per heavy atom. The Kier molecular flexibility index (Phi) is 5.39. The van der Waals surface area contributed by atoms with Crippen LogP contribution in [-0.4, -0.2) is 59.0 Å². The SMILES string of the molecule is CC(C)NC(=O)C(C)N1CCN(c2cnc3cc(Cl)ccc3n2)CC1. The molecule has 0 bridgehead atoms. The van der Waals surface area contributed by atoms with Gasteiger partial charge in [0.1, 0.15) is 5.82 Å². The number of amides is 1. The van der Waals surface area contributed by atoms with Gasteiger partial charge in [-0.15, -0.1) is 0 Å². The number of carbonyl (C=O) groups is 1. The van der Waals surface area contributed by atoms with Crippen LogP contribution >= 0.6 is 11.6 Å². The molecule has 0 saturated carbocycles. The fourth-order valence-corrected chi connectivity index (χ4v) is 3.20. The highest BCUT2D eigenvalue weighted by molar-refractivity contribution is 6.31. The highest BCUT2D eigenvalue weighted by Crippen LogP contribution is 2.20. The maximum absolute atomic E-state index is 12.2. The Bertz CT molecular complexity index is 758. The summed E-state index contributed by atoms with van der Waals surface area (Å²) in [6.07, 6.45) is 1.79. The first-order valence-electron chi connectivity index (χ1n) is 8.65. The van der Waals surface area contributed by atoms with E-state index in [-0.39, 0.29) is 18.0 Å². The molecule has 1 amide bonds. The van der Waals surface area contributed by atoms with Crippen molar-refractivity contribution in [2.24, 2.45) is 0 Å². The number of nitrogens with zero attached hydrogens (tertiary/aromatic N) is 4. The van der Waals surface area contributed by atoms with Gasteiger partial charge in [0.25, 0.3) is 0 Å². The zero-order chi connectivity index (χ0) is 18.0. The number of piperazine rings is 1. The van der Waals surface area contributed by atoms with Crippen molar-refractivity contribution in [2.75, 3.05) is 31.1 Å². The number of hydrogen-bond acceptors (Lipinski definition) is 5. The van der Waals surface area contributed by atoms with Crippen molar-refractivity contribution in [1.82, 2.24) is 20.2 Å². The van der Waals surface area contributed by atoms with Gasteiger partial charge < -0.3 is 10.2 Å². The first kappa shape index (κ1) is 17.9. The monoisotopic (exact) mass is 361 g/mol. The van der Waals surface area contributed by atoms with Crippen LogP contribution in [0.2, 0.25) is 5.02 Å². The van der Waals surface area contributed by atoms with Crippen molar-refractivity contribution in [3.05, 3.63) is 29.4 Å². The molecule has 1 saturated heterocycles. The van der Waals surface area contributed by atoms with Crippen molar-refractivity contribution < 1.29 is 4.79 Å². The molecule has 1 fully saturated rings. The van der Waals surface area contributed by atoms with Crippen LogP contribution in [0, 0.1) is 0 Å². The number of benzene rings is 1. The van der Waals surface area contributed by atoms with Gasteiger partial charge in [-0.3, -0.25) is 14.7 Å². The normalized spacial score (nSPS) is 17.1. The fourth-order valence-electron chi connectivity index (χ4n) is 3.04. The highest BCUT2D eigenvalue weighted by atomic mass is 35.5. The molecule has 2 heterocycles. The Morgan fingerprint density at radius 1 is 1.16 bits per heavy atom. The topological polar surface area (TPSA) is 61.4 Å². The molecule has 2 aromatic rings. The largest absolute Gasteiger partial charge is 0.353 e. The maximum Gasteiger partial charge on any atom is 0.237 e. The summed E-state index contributed by atoms with van der Waals surface area (Å²) < 4.78 is 0. The van der Waals surface area contributed by atoms with Crippen molar-refractivity contribution in [3.63, 3.8) is 0 Å². The third kappa shape index (κ3) is 4.19. The first-order chi connectivity index (χ1) is 11.9. The maximum atomic E-state index is 12.2. The van der Waals surface area contributed by atoms with Crippen molar-refractivity contribution in [1.29, 1.82) is 0 Å². The van der Waals surface area contributed by atoms with Gasteiger partial charge in [0.2, 0.25) is 5.91 Å².